The molecule has 0 spiro atoms. The molecule has 90 valence electrons. The summed E-state index contributed by atoms with van der Waals surface area (Å²) in [5.74, 6) is -0.732. The quantitative estimate of drug-likeness (QED) is 0.680. The minimum absolute atomic E-state index is 0.362. The highest BCUT2D eigenvalue weighted by atomic mass is 16.4. The second-order valence-corrected chi connectivity index (χ2v) is 5.01. The van der Waals surface area contributed by atoms with Crippen molar-refractivity contribution in [3.8, 4) is 0 Å². The van der Waals surface area contributed by atoms with E-state index in [9.17, 15) is 9.90 Å². The van der Waals surface area contributed by atoms with Gasteiger partial charge in [-0.2, -0.15) is 0 Å². The van der Waals surface area contributed by atoms with E-state index in [1.165, 1.54) is 12.8 Å². The summed E-state index contributed by atoms with van der Waals surface area (Å²) >= 11 is 0. The molecule has 2 unspecified atom stereocenters. The maximum atomic E-state index is 11.4. The van der Waals surface area contributed by atoms with E-state index >= 15 is 0 Å². The summed E-state index contributed by atoms with van der Waals surface area (Å²) in [7, 11) is 0. The molecule has 1 saturated carbocycles. The highest BCUT2D eigenvalue weighted by Gasteiger charge is 2.51. The predicted molar refractivity (Wildman–Crippen MR) is 62.4 cm³/mol. The Kier molecular flexibility index (Phi) is 3.04. The largest absolute Gasteiger partial charge is 0.480 e. The Morgan fingerprint density at radius 2 is 2.38 bits per heavy atom. The lowest BCUT2D eigenvalue weighted by molar-refractivity contribution is -0.144. The van der Waals surface area contributed by atoms with Gasteiger partial charge < -0.3 is 5.11 Å². The first-order valence-corrected chi connectivity index (χ1v) is 5.94. The van der Waals surface area contributed by atoms with Gasteiger partial charge in [0.2, 0.25) is 0 Å². The summed E-state index contributed by atoms with van der Waals surface area (Å²) in [6.07, 6.45) is 4.85. The van der Waals surface area contributed by atoms with E-state index in [0.29, 0.717) is 31.6 Å². The van der Waals surface area contributed by atoms with Crippen LogP contribution in [-0.2, 0) is 4.79 Å². The minimum Gasteiger partial charge on any atom is -0.480 e. The van der Waals surface area contributed by atoms with Crippen molar-refractivity contribution in [2.75, 3.05) is 13.1 Å². The summed E-state index contributed by atoms with van der Waals surface area (Å²) in [4.78, 5) is 13.8. The monoisotopic (exact) mass is 224 g/mol. The van der Waals surface area contributed by atoms with Crippen LogP contribution >= 0.6 is 0 Å². The second-order valence-electron chi connectivity index (χ2n) is 5.01. The molecule has 4 nitrogen and oxygen atoms in total. The number of aliphatic carboxylic acids is 1. The van der Waals surface area contributed by atoms with Crippen LogP contribution in [0.2, 0.25) is 0 Å². The molecule has 1 aliphatic carbocycles. The number of nitrogens with zero attached hydrogens (tertiary/aromatic N) is 1. The first-order valence-electron chi connectivity index (χ1n) is 5.94. The fourth-order valence-corrected chi connectivity index (χ4v) is 2.67. The van der Waals surface area contributed by atoms with E-state index < -0.39 is 11.5 Å². The van der Waals surface area contributed by atoms with Crippen LogP contribution in [-0.4, -0.2) is 46.7 Å². The van der Waals surface area contributed by atoms with Crippen LogP contribution in [0.5, 0.6) is 0 Å². The number of hydrogen-bond donors (Lipinski definition) is 2. The Balaban J connectivity index is 2.08. The smallest absolute Gasteiger partial charge is 0.325 e. The number of hydrogen-bond acceptors (Lipinski definition) is 3. The second kappa shape index (κ2) is 4.18. The zero-order valence-corrected chi connectivity index (χ0v) is 9.78. The Morgan fingerprint density at radius 3 is 2.88 bits per heavy atom. The van der Waals surface area contributed by atoms with E-state index in [0.717, 1.165) is 0 Å². The molecule has 0 aromatic carbocycles. The van der Waals surface area contributed by atoms with Gasteiger partial charge in [-0.1, -0.05) is 6.08 Å². The fourth-order valence-electron chi connectivity index (χ4n) is 2.67. The Bertz CT molecular complexity index is 301. The number of carbonyl (C=O) groups is 1. The van der Waals surface area contributed by atoms with Gasteiger partial charge in [-0.3, -0.25) is 15.0 Å². The molecule has 0 aromatic heterocycles. The van der Waals surface area contributed by atoms with Gasteiger partial charge in [-0.05, 0) is 26.2 Å². The average Bonchev–Trinajstić information content (AvgIpc) is 3.01. The number of likely N-dealkylation sites (tertiary alicyclic amines) is 1. The molecule has 2 aliphatic rings. The van der Waals surface area contributed by atoms with Gasteiger partial charge in [-0.25, -0.2) is 0 Å². The van der Waals surface area contributed by atoms with Gasteiger partial charge in [0.1, 0.15) is 5.54 Å². The van der Waals surface area contributed by atoms with Crippen molar-refractivity contribution in [1.82, 2.24) is 10.2 Å². The zero-order valence-electron chi connectivity index (χ0n) is 9.78. The number of carboxylic acid groups (broad SMARTS) is 1. The van der Waals surface area contributed by atoms with Crippen molar-refractivity contribution in [3.63, 3.8) is 0 Å². The van der Waals surface area contributed by atoms with Gasteiger partial charge in [0.15, 0.2) is 0 Å². The Morgan fingerprint density at radius 1 is 1.69 bits per heavy atom. The van der Waals surface area contributed by atoms with E-state index in [2.05, 4.69) is 23.7 Å². The van der Waals surface area contributed by atoms with Crippen molar-refractivity contribution in [3.05, 3.63) is 12.7 Å². The first kappa shape index (κ1) is 11.6. The van der Waals surface area contributed by atoms with Crippen LogP contribution < -0.4 is 5.32 Å². The summed E-state index contributed by atoms with van der Waals surface area (Å²) < 4.78 is 0. The molecule has 1 heterocycles. The van der Waals surface area contributed by atoms with Crippen LogP contribution in [0.3, 0.4) is 0 Å². The van der Waals surface area contributed by atoms with Gasteiger partial charge in [0.25, 0.3) is 0 Å². The highest BCUT2D eigenvalue weighted by molar-refractivity contribution is 5.80. The van der Waals surface area contributed by atoms with E-state index in [1.807, 2.05) is 0 Å². The SMILES string of the molecule is C=CCNC1(C(=O)O)CC(C)N(C2CC2)C1. The first-order chi connectivity index (χ1) is 7.59. The summed E-state index contributed by atoms with van der Waals surface area (Å²) in [6.45, 7) is 6.93. The average molecular weight is 224 g/mol. The van der Waals surface area contributed by atoms with Crippen LogP contribution in [0, 0.1) is 0 Å². The van der Waals surface area contributed by atoms with Crippen molar-refractivity contribution in [2.24, 2.45) is 0 Å². The van der Waals surface area contributed by atoms with E-state index in [1.54, 1.807) is 6.08 Å². The number of nitrogens with one attached hydrogen (secondary N) is 1. The minimum atomic E-state index is -0.768. The molecule has 0 bridgehead atoms. The molecular weight excluding hydrogens is 204 g/mol. The van der Waals surface area contributed by atoms with Gasteiger partial charge in [0.05, 0.1) is 0 Å². The molecule has 0 aromatic rings. The van der Waals surface area contributed by atoms with Crippen LogP contribution in [0.4, 0.5) is 0 Å². The Hall–Kier alpha value is -0.870. The van der Waals surface area contributed by atoms with Gasteiger partial charge in [-0.15, -0.1) is 6.58 Å². The maximum absolute atomic E-state index is 11.4. The molecule has 4 heteroatoms. The third-order valence-electron chi connectivity index (χ3n) is 3.67. The van der Waals surface area contributed by atoms with Crippen molar-refractivity contribution < 1.29 is 9.90 Å². The number of rotatable bonds is 5. The third kappa shape index (κ3) is 1.99. The molecular formula is C12H20N2O2. The van der Waals surface area contributed by atoms with Crippen LogP contribution in [0.15, 0.2) is 12.7 Å². The van der Waals surface area contributed by atoms with Crippen LogP contribution in [0.25, 0.3) is 0 Å². The maximum Gasteiger partial charge on any atom is 0.325 e. The lowest BCUT2D eigenvalue weighted by Crippen LogP contribution is -2.54. The molecule has 0 amide bonds. The van der Waals surface area contributed by atoms with Crippen molar-refractivity contribution >= 4 is 5.97 Å². The van der Waals surface area contributed by atoms with Gasteiger partial charge >= 0.3 is 5.97 Å². The molecule has 2 N–H and O–H groups in total. The lowest BCUT2D eigenvalue weighted by Gasteiger charge is -2.25. The molecule has 2 atom stereocenters. The molecule has 1 saturated heterocycles. The lowest BCUT2D eigenvalue weighted by atomic mass is 9.96. The van der Waals surface area contributed by atoms with Crippen molar-refractivity contribution in [2.45, 2.75) is 43.8 Å². The van der Waals surface area contributed by atoms with Crippen molar-refractivity contribution in [1.29, 1.82) is 0 Å². The zero-order chi connectivity index (χ0) is 11.8. The van der Waals surface area contributed by atoms with E-state index in [-0.39, 0.29) is 0 Å². The molecule has 2 rings (SSSR count). The van der Waals surface area contributed by atoms with E-state index in [4.69, 9.17) is 0 Å². The predicted octanol–water partition coefficient (Wildman–Crippen LogP) is 0.842. The highest BCUT2D eigenvalue weighted by Crippen LogP contribution is 2.37. The number of carboxylic acids is 1. The summed E-state index contributed by atoms with van der Waals surface area (Å²) in [5, 5.41) is 12.5. The molecule has 1 aliphatic heterocycles. The molecule has 0 radical (unpaired) electrons. The third-order valence-corrected chi connectivity index (χ3v) is 3.67. The molecule has 16 heavy (non-hydrogen) atoms. The topological polar surface area (TPSA) is 52.6 Å². The summed E-state index contributed by atoms with van der Waals surface area (Å²) in [6, 6.07) is 0.989. The van der Waals surface area contributed by atoms with Crippen LogP contribution in [0.1, 0.15) is 26.2 Å². The standard InChI is InChI=1S/C12H20N2O2/c1-3-6-13-12(11(15)16)7-9(2)14(8-12)10-4-5-10/h3,9-10,13H,1,4-8H2,2H3,(H,15,16). The summed E-state index contributed by atoms with van der Waals surface area (Å²) in [5.41, 5.74) is -0.768. The molecule has 2 fully saturated rings. The van der Waals surface area contributed by atoms with Gasteiger partial charge in [0, 0.05) is 25.2 Å². The fraction of sp³-hybridized carbons (Fsp3) is 0.750. The Labute approximate surface area is 96.3 Å². The normalized spacial score (nSPS) is 35.2.